The van der Waals surface area contributed by atoms with Gasteiger partial charge in [-0.15, -0.1) is 0 Å². The number of carbonyl (C=O) groups is 2. The van der Waals surface area contributed by atoms with Gasteiger partial charge in [0.2, 0.25) is 5.91 Å². The average Bonchev–Trinajstić information content (AvgIpc) is 2.84. The molecular weight excluding hydrogens is 407 g/mol. The van der Waals surface area contributed by atoms with Gasteiger partial charge in [-0.2, -0.15) is 0 Å². The summed E-state index contributed by atoms with van der Waals surface area (Å²) in [5, 5.41) is 3.05. The fourth-order valence-electron chi connectivity index (χ4n) is 3.94. The standard InChI is InChI=1S/C25H25FN4O2/c26-22-15-21(17-27-18-22)25(32)30-13-11-29(12-14-30)23(20-9-5-2-6-10-20)24(31)28-16-19-7-3-1-4-8-19/h1-10,15,17-18,23H,11-14,16H2,(H,28,31). The Morgan fingerprint density at radius 1 is 0.938 bits per heavy atom. The second kappa shape index (κ2) is 10.2. The molecule has 2 aromatic carbocycles. The first-order valence-electron chi connectivity index (χ1n) is 10.6. The number of carbonyl (C=O) groups excluding carboxylic acids is 2. The van der Waals surface area contributed by atoms with E-state index in [1.165, 1.54) is 12.3 Å². The van der Waals surface area contributed by atoms with Crippen LogP contribution in [0.25, 0.3) is 0 Å². The summed E-state index contributed by atoms with van der Waals surface area (Å²) in [5.41, 5.74) is 2.18. The van der Waals surface area contributed by atoms with Gasteiger partial charge in [-0.1, -0.05) is 60.7 Å². The molecule has 0 spiro atoms. The molecule has 0 saturated carbocycles. The van der Waals surface area contributed by atoms with Crippen LogP contribution in [0.3, 0.4) is 0 Å². The predicted molar refractivity (Wildman–Crippen MR) is 119 cm³/mol. The van der Waals surface area contributed by atoms with Crippen molar-refractivity contribution >= 4 is 11.8 Å². The van der Waals surface area contributed by atoms with Crippen LogP contribution in [0.1, 0.15) is 27.5 Å². The van der Waals surface area contributed by atoms with Gasteiger partial charge in [0.25, 0.3) is 5.91 Å². The Balaban J connectivity index is 1.44. The van der Waals surface area contributed by atoms with Crippen LogP contribution >= 0.6 is 0 Å². The fraction of sp³-hybridized carbons (Fsp3) is 0.240. The van der Waals surface area contributed by atoms with Crippen LogP contribution in [0.15, 0.2) is 79.1 Å². The van der Waals surface area contributed by atoms with E-state index in [1.807, 2.05) is 60.7 Å². The molecule has 2 heterocycles. The number of halogens is 1. The number of nitrogens with one attached hydrogen (secondary N) is 1. The van der Waals surface area contributed by atoms with Crippen molar-refractivity contribution in [2.75, 3.05) is 26.2 Å². The summed E-state index contributed by atoms with van der Waals surface area (Å²) in [5.74, 6) is -0.857. The molecule has 32 heavy (non-hydrogen) atoms. The number of hydrogen-bond donors (Lipinski definition) is 1. The zero-order valence-corrected chi connectivity index (χ0v) is 17.7. The molecule has 1 N–H and O–H groups in total. The molecule has 3 aromatic rings. The number of hydrogen-bond acceptors (Lipinski definition) is 4. The van der Waals surface area contributed by atoms with Crippen molar-refractivity contribution in [3.05, 3.63) is 102 Å². The molecule has 164 valence electrons. The minimum absolute atomic E-state index is 0.0749. The molecule has 7 heteroatoms. The number of rotatable bonds is 6. The van der Waals surface area contributed by atoms with E-state index < -0.39 is 11.9 Å². The zero-order valence-electron chi connectivity index (χ0n) is 17.7. The number of pyridine rings is 1. The first-order chi connectivity index (χ1) is 15.6. The highest BCUT2D eigenvalue weighted by atomic mass is 19.1. The third-order valence-electron chi connectivity index (χ3n) is 5.59. The van der Waals surface area contributed by atoms with Gasteiger partial charge in [0.1, 0.15) is 11.9 Å². The number of nitrogens with zero attached hydrogens (tertiary/aromatic N) is 3. The topological polar surface area (TPSA) is 65.5 Å². The average molecular weight is 432 g/mol. The molecule has 1 aromatic heterocycles. The quantitative estimate of drug-likeness (QED) is 0.650. The van der Waals surface area contributed by atoms with Crippen LogP contribution in [-0.2, 0) is 11.3 Å². The van der Waals surface area contributed by atoms with Crippen molar-refractivity contribution in [2.24, 2.45) is 0 Å². The lowest BCUT2D eigenvalue weighted by Crippen LogP contribution is -2.52. The van der Waals surface area contributed by atoms with Crippen LogP contribution < -0.4 is 5.32 Å². The van der Waals surface area contributed by atoms with Crippen molar-refractivity contribution in [2.45, 2.75) is 12.6 Å². The smallest absolute Gasteiger partial charge is 0.255 e. The lowest BCUT2D eigenvalue weighted by Gasteiger charge is -2.38. The zero-order chi connectivity index (χ0) is 22.3. The maximum Gasteiger partial charge on any atom is 0.255 e. The first kappa shape index (κ1) is 21.6. The molecule has 0 bridgehead atoms. The molecule has 1 aliphatic heterocycles. The molecule has 2 amide bonds. The molecule has 1 atom stereocenters. The van der Waals surface area contributed by atoms with E-state index >= 15 is 0 Å². The van der Waals surface area contributed by atoms with E-state index in [0.29, 0.717) is 32.7 Å². The summed E-state index contributed by atoms with van der Waals surface area (Å²) >= 11 is 0. The maximum atomic E-state index is 13.4. The summed E-state index contributed by atoms with van der Waals surface area (Å²) < 4.78 is 13.4. The highest BCUT2D eigenvalue weighted by Crippen LogP contribution is 2.23. The van der Waals surface area contributed by atoms with Crippen LogP contribution in [0.5, 0.6) is 0 Å². The van der Waals surface area contributed by atoms with Gasteiger partial charge in [-0.25, -0.2) is 4.39 Å². The Kier molecular flexibility index (Phi) is 6.87. The molecule has 1 unspecified atom stereocenters. The molecule has 4 rings (SSSR count). The number of amides is 2. The SMILES string of the molecule is O=C(NCc1ccccc1)C(c1ccccc1)N1CCN(C(=O)c2cncc(F)c2)CC1. The fourth-order valence-corrected chi connectivity index (χ4v) is 3.94. The van der Waals surface area contributed by atoms with Crippen LogP contribution in [0, 0.1) is 5.82 Å². The molecular formula is C25H25FN4O2. The summed E-state index contributed by atoms with van der Waals surface area (Å²) in [6.45, 7) is 2.42. The Bertz CT molecular complexity index is 1050. The van der Waals surface area contributed by atoms with Gasteiger partial charge < -0.3 is 10.2 Å². The molecule has 0 radical (unpaired) electrons. The predicted octanol–water partition coefficient (Wildman–Crippen LogP) is 3.04. The highest BCUT2D eigenvalue weighted by molar-refractivity contribution is 5.94. The van der Waals surface area contributed by atoms with Gasteiger partial charge in [0.15, 0.2) is 0 Å². The molecule has 1 fully saturated rings. The van der Waals surface area contributed by atoms with Crippen LogP contribution in [0.4, 0.5) is 4.39 Å². The molecule has 6 nitrogen and oxygen atoms in total. The second-order valence-electron chi connectivity index (χ2n) is 7.74. The van der Waals surface area contributed by atoms with E-state index in [1.54, 1.807) is 4.90 Å². The minimum atomic E-state index is -0.534. The third kappa shape index (κ3) is 5.18. The number of aromatic nitrogens is 1. The Morgan fingerprint density at radius 2 is 1.59 bits per heavy atom. The monoisotopic (exact) mass is 432 g/mol. The van der Waals surface area contributed by atoms with Gasteiger partial charge >= 0.3 is 0 Å². The Labute approximate surface area is 186 Å². The van der Waals surface area contributed by atoms with Gasteiger partial charge in [-0.3, -0.25) is 19.5 Å². The van der Waals surface area contributed by atoms with E-state index in [-0.39, 0.29) is 17.4 Å². The van der Waals surface area contributed by atoms with Crippen molar-refractivity contribution in [3.8, 4) is 0 Å². The van der Waals surface area contributed by atoms with Crippen LogP contribution in [0.2, 0.25) is 0 Å². The minimum Gasteiger partial charge on any atom is -0.350 e. The second-order valence-corrected chi connectivity index (χ2v) is 7.74. The van der Waals surface area contributed by atoms with E-state index in [0.717, 1.165) is 17.3 Å². The molecule has 1 aliphatic rings. The van der Waals surface area contributed by atoms with Crippen molar-refractivity contribution < 1.29 is 14.0 Å². The molecule has 0 aliphatic carbocycles. The van der Waals surface area contributed by atoms with Gasteiger partial charge in [-0.05, 0) is 17.2 Å². The number of benzene rings is 2. The van der Waals surface area contributed by atoms with Crippen molar-refractivity contribution in [3.63, 3.8) is 0 Å². The van der Waals surface area contributed by atoms with Crippen LogP contribution in [-0.4, -0.2) is 52.8 Å². The molecule has 1 saturated heterocycles. The third-order valence-corrected chi connectivity index (χ3v) is 5.59. The summed E-state index contributed by atoms with van der Waals surface area (Å²) in [6, 6.07) is 20.2. The summed E-state index contributed by atoms with van der Waals surface area (Å²) in [4.78, 5) is 33.5. The van der Waals surface area contributed by atoms with Crippen molar-refractivity contribution in [1.29, 1.82) is 0 Å². The number of piperazine rings is 1. The van der Waals surface area contributed by atoms with Gasteiger partial charge in [0, 0.05) is 38.9 Å². The van der Waals surface area contributed by atoms with E-state index in [2.05, 4.69) is 15.2 Å². The summed E-state index contributed by atoms with van der Waals surface area (Å²) in [6.07, 6.45) is 2.45. The highest BCUT2D eigenvalue weighted by Gasteiger charge is 2.31. The van der Waals surface area contributed by atoms with E-state index in [4.69, 9.17) is 0 Å². The van der Waals surface area contributed by atoms with E-state index in [9.17, 15) is 14.0 Å². The first-order valence-corrected chi connectivity index (χ1v) is 10.6. The summed E-state index contributed by atoms with van der Waals surface area (Å²) in [7, 11) is 0. The largest absolute Gasteiger partial charge is 0.350 e. The Morgan fingerprint density at radius 3 is 2.25 bits per heavy atom. The van der Waals surface area contributed by atoms with Gasteiger partial charge in [0.05, 0.1) is 11.8 Å². The normalized spacial score (nSPS) is 15.2. The lowest BCUT2D eigenvalue weighted by molar-refractivity contribution is -0.127. The van der Waals surface area contributed by atoms with Crippen molar-refractivity contribution in [1.82, 2.24) is 20.1 Å². The maximum absolute atomic E-state index is 13.4. The Hall–Kier alpha value is -3.58. The lowest BCUT2D eigenvalue weighted by atomic mass is 10.0.